The highest BCUT2D eigenvalue weighted by Gasteiger charge is 2.32. The minimum absolute atomic E-state index is 0.00838. The van der Waals surface area contributed by atoms with Gasteiger partial charge in [-0.15, -0.1) is 0 Å². The Morgan fingerprint density at radius 1 is 1.55 bits per heavy atom. The summed E-state index contributed by atoms with van der Waals surface area (Å²) in [5, 5.41) is 9.55. The molecule has 0 aromatic heterocycles. The molecule has 0 bridgehead atoms. The van der Waals surface area contributed by atoms with Crippen LogP contribution in [0.2, 0.25) is 0 Å². The SMILES string of the molecule is COc1cccc(C(C(C)N)N2CCOCC2CO)c1. The van der Waals surface area contributed by atoms with Crippen molar-refractivity contribution in [3.63, 3.8) is 0 Å². The van der Waals surface area contributed by atoms with Crippen LogP contribution in [0.4, 0.5) is 0 Å². The van der Waals surface area contributed by atoms with E-state index in [4.69, 9.17) is 15.2 Å². The molecule has 2 rings (SSSR count). The second kappa shape index (κ2) is 7.04. The van der Waals surface area contributed by atoms with Gasteiger partial charge in [0.05, 0.1) is 39.0 Å². The molecule has 1 saturated heterocycles. The van der Waals surface area contributed by atoms with Crippen molar-refractivity contribution < 1.29 is 14.6 Å². The summed E-state index contributed by atoms with van der Waals surface area (Å²) in [6.45, 7) is 4.06. The third kappa shape index (κ3) is 3.30. The first kappa shape index (κ1) is 15.3. The number of morpholine rings is 1. The Morgan fingerprint density at radius 2 is 2.35 bits per heavy atom. The molecule has 5 heteroatoms. The van der Waals surface area contributed by atoms with Crippen LogP contribution in [-0.4, -0.2) is 55.6 Å². The Bertz CT molecular complexity index is 425. The topological polar surface area (TPSA) is 68.0 Å². The number of nitrogens with zero attached hydrogens (tertiary/aromatic N) is 1. The molecule has 1 aliphatic heterocycles. The van der Waals surface area contributed by atoms with Crippen molar-refractivity contribution in [3.05, 3.63) is 29.8 Å². The number of aliphatic hydroxyl groups is 1. The second-order valence-electron chi connectivity index (χ2n) is 5.23. The molecule has 1 aromatic carbocycles. The van der Waals surface area contributed by atoms with E-state index < -0.39 is 0 Å². The van der Waals surface area contributed by atoms with Gasteiger partial charge in [-0.1, -0.05) is 12.1 Å². The van der Waals surface area contributed by atoms with Crippen molar-refractivity contribution in [1.82, 2.24) is 4.90 Å². The van der Waals surface area contributed by atoms with Crippen molar-refractivity contribution in [3.8, 4) is 5.75 Å². The Hall–Kier alpha value is -1.14. The molecular weight excluding hydrogens is 256 g/mol. The fourth-order valence-corrected chi connectivity index (χ4v) is 2.81. The molecule has 20 heavy (non-hydrogen) atoms. The van der Waals surface area contributed by atoms with Gasteiger partial charge in [-0.3, -0.25) is 4.90 Å². The average molecular weight is 280 g/mol. The van der Waals surface area contributed by atoms with Gasteiger partial charge in [0.2, 0.25) is 0 Å². The summed E-state index contributed by atoms with van der Waals surface area (Å²) in [4.78, 5) is 2.24. The van der Waals surface area contributed by atoms with Crippen LogP contribution in [0.25, 0.3) is 0 Å². The van der Waals surface area contributed by atoms with Crippen LogP contribution in [0, 0.1) is 0 Å². The van der Waals surface area contributed by atoms with Crippen LogP contribution < -0.4 is 10.5 Å². The Labute approximate surface area is 120 Å². The summed E-state index contributed by atoms with van der Waals surface area (Å²) in [6, 6.07) is 7.95. The molecule has 1 fully saturated rings. The average Bonchev–Trinajstić information content (AvgIpc) is 2.48. The third-order valence-electron chi connectivity index (χ3n) is 3.77. The molecule has 112 valence electrons. The number of hydrogen-bond acceptors (Lipinski definition) is 5. The number of aliphatic hydroxyl groups excluding tert-OH is 1. The molecule has 3 N–H and O–H groups in total. The maximum atomic E-state index is 9.55. The summed E-state index contributed by atoms with van der Waals surface area (Å²) >= 11 is 0. The van der Waals surface area contributed by atoms with Crippen molar-refractivity contribution in [1.29, 1.82) is 0 Å². The number of hydrogen-bond donors (Lipinski definition) is 2. The number of rotatable bonds is 5. The first-order valence-electron chi connectivity index (χ1n) is 7.01. The number of methoxy groups -OCH3 is 1. The summed E-state index contributed by atoms with van der Waals surface area (Å²) in [5.74, 6) is 0.821. The molecule has 1 aromatic rings. The smallest absolute Gasteiger partial charge is 0.119 e. The van der Waals surface area contributed by atoms with Crippen LogP contribution in [0.3, 0.4) is 0 Å². The van der Waals surface area contributed by atoms with Gasteiger partial charge in [0.25, 0.3) is 0 Å². The summed E-state index contributed by atoms with van der Waals surface area (Å²) < 4.78 is 10.7. The molecule has 0 amide bonds. The van der Waals surface area contributed by atoms with Gasteiger partial charge in [-0.25, -0.2) is 0 Å². The molecule has 0 spiro atoms. The lowest BCUT2D eigenvalue weighted by molar-refractivity contribution is -0.0516. The van der Waals surface area contributed by atoms with Crippen molar-refractivity contribution in [2.24, 2.45) is 5.73 Å². The summed E-state index contributed by atoms with van der Waals surface area (Å²) in [6.07, 6.45) is 0. The van der Waals surface area contributed by atoms with Gasteiger partial charge in [0, 0.05) is 12.6 Å². The Kier molecular flexibility index (Phi) is 5.37. The fraction of sp³-hybridized carbons (Fsp3) is 0.600. The molecule has 0 aliphatic carbocycles. The Morgan fingerprint density at radius 3 is 3.00 bits per heavy atom. The highest BCUT2D eigenvalue weighted by atomic mass is 16.5. The van der Waals surface area contributed by atoms with E-state index >= 15 is 0 Å². The molecule has 3 unspecified atom stereocenters. The van der Waals surface area contributed by atoms with E-state index in [-0.39, 0.29) is 24.7 Å². The molecule has 0 saturated carbocycles. The van der Waals surface area contributed by atoms with Crippen LogP contribution >= 0.6 is 0 Å². The molecule has 1 heterocycles. The lowest BCUT2D eigenvalue weighted by Gasteiger charge is -2.42. The van der Waals surface area contributed by atoms with Gasteiger partial charge >= 0.3 is 0 Å². The van der Waals surface area contributed by atoms with Gasteiger partial charge < -0.3 is 20.3 Å². The maximum absolute atomic E-state index is 9.55. The van der Waals surface area contributed by atoms with E-state index in [0.29, 0.717) is 13.2 Å². The zero-order valence-corrected chi connectivity index (χ0v) is 12.2. The van der Waals surface area contributed by atoms with Gasteiger partial charge in [-0.05, 0) is 24.6 Å². The van der Waals surface area contributed by atoms with Gasteiger partial charge in [0.15, 0.2) is 0 Å². The number of nitrogens with two attached hydrogens (primary N) is 1. The van der Waals surface area contributed by atoms with Crippen LogP contribution in [0.1, 0.15) is 18.5 Å². The monoisotopic (exact) mass is 280 g/mol. The molecule has 3 atom stereocenters. The van der Waals surface area contributed by atoms with Crippen LogP contribution in [0.15, 0.2) is 24.3 Å². The zero-order chi connectivity index (χ0) is 14.5. The van der Waals surface area contributed by atoms with Gasteiger partial charge in [0.1, 0.15) is 5.75 Å². The van der Waals surface area contributed by atoms with Crippen LogP contribution in [0.5, 0.6) is 5.75 Å². The van der Waals surface area contributed by atoms with E-state index in [1.165, 1.54) is 0 Å². The Balaban J connectivity index is 2.29. The lowest BCUT2D eigenvalue weighted by Crippen LogP contribution is -2.52. The molecule has 0 radical (unpaired) electrons. The summed E-state index contributed by atoms with van der Waals surface area (Å²) in [7, 11) is 1.66. The van der Waals surface area contributed by atoms with Gasteiger partial charge in [-0.2, -0.15) is 0 Å². The fourth-order valence-electron chi connectivity index (χ4n) is 2.81. The van der Waals surface area contributed by atoms with Crippen molar-refractivity contribution >= 4 is 0 Å². The standard InChI is InChI=1S/C15H24N2O3/c1-11(16)15(12-4-3-5-14(8-12)19-2)17-6-7-20-10-13(17)9-18/h3-5,8,11,13,15,18H,6-7,9-10,16H2,1-2H3. The maximum Gasteiger partial charge on any atom is 0.119 e. The third-order valence-corrected chi connectivity index (χ3v) is 3.77. The number of benzene rings is 1. The molecule has 5 nitrogen and oxygen atoms in total. The largest absolute Gasteiger partial charge is 0.497 e. The molecule has 1 aliphatic rings. The predicted molar refractivity (Wildman–Crippen MR) is 77.8 cm³/mol. The first-order chi connectivity index (χ1) is 9.67. The minimum Gasteiger partial charge on any atom is -0.497 e. The summed E-state index contributed by atoms with van der Waals surface area (Å²) in [5.41, 5.74) is 7.31. The normalized spacial score (nSPS) is 23.3. The van der Waals surface area contributed by atoms with Crippen molar-refractivity contribution in [2.45, 2.75) is 25.0 Å². The zero-order valence-electron chi connectivity index (χ0n) is 12.2. The van der Waals surface area contributed by atoms with E-state index in [9.17, 15) is 5.11 Å². The lowest BCUT2D eigenvalue weighted by atomic mass is 9.97. The van der Waals surface area contributed by atoms with E-state index in [1.807, 2.05) is 25.1 Å². The van der Waals surface area contributed by atoms with Crippen molar-refractivity contribution in [2.75, 3.05) is 33.5 Å². The second-order valence-corrected chi connectivity index (χ2v) is 5.23. The van der Waals surface area contributed by atoms with E-state index in [1.54, 1.807) is 7.11 Å². The number of ether oxygens (including phenoxy) is 2. The van der Waals surface area contributed by atoms with E-state index in [2.05, 4.69) is 11.0 Å². The highest BCUT2D eigenvalue weighted by molar-refractivity contribution is 5.31. The van der Waals surface area contributed by atoms with E-state index in [0.717, 1.165) is 17.9 Å². The predicted octanol–water partition coefficient (Wildman–Crippen LogP) is 0.777. The highest BCUT2D eigenvalue weighted by Crippen LogP contribution is 2.29. The van der Waals surface area contributed by atoms with Crippen LogP contribution in [-0.2, 0) is 4.74 Å². The first-order valence-corrected chi connectivity index (χ1v) is 7.01. The minimum atomic E-state index is -0.0470. The molecular formula is C15H24N2O3. The quantitative estimate of drug-likeness (QED) is 0.834.